The van der Waals surface area contributed by atoms with E-state index in [4.69, 9.17) is 9.47 Å². The third kappa shape index (κ3) is 3.56. The molecule has 29 heavy (non-hydrogen) atoms. The Hall–Kier alpha value is -3.34. The monoisotopic (exact) mass is 412 g/mol. The number of benzene rings is 2. The van der Waals surface area contributed by atoms with Crippen molar-refractivity contribution in [1.82, 2.24) is 4.57 Å². The minimum atomic E-state index is -4.92. The first-order valence-electron chi connectivity index (χ1n) is 8.23. The molecule has 1 aliphatic rings. The number of hydrogen-bond acceptors (Lipinski definition) is 6. The molecule has 0 fully saturated rings. The van der Waals surface area contributed by atoms with E-state index in [1.54, 1.807) is 0 Å². The summed E-state index contributed by atoms with van der Waals surface area (Å²) in [6.45, 7) is -0.0292. The SMILES string of the molecule is O=Nc1c(O)n(Cc2cc(F)cc3c2OCOC3)c2ccc(OC(F)(F)F)cc12. The highest BCUT2D eigenvalue weighted by Gasteiger charge is 2.31. The van der Waals surface area contributed by atoms with Gasteiger partial charge in [-0.15, -0.1) is 18.1 Å². The van der Waals surface area contributed by atoms with E-state index in [0.29, 0.717) is 16.9 Å². The van der Waals surface area contributed by atoms with Gasteiger partial charge in [0, 0.05) is 16.5 Å². The lowest BCUT2D eigenvalue weighted by molar-refractivity contribution is -0.274. The summed E-state index contributed by atoms with van der Waals surface area (Å²) in [6.07, 6.45) is -4.92. The van der Waals surface area contributed by atoms with Gasteiger partial charge in [0.25, 0.3) is 0 Å². The molecule has 11 heteroatoms. The largest absolute Gasteiger partial charge is 0.573 e. The molecular formula is C18H12F4N2O5. The average Bonchev–Trinajstić information content (AvgIpc) is 2.91. The molecule has 0 unspecified atom stereocenters. The molecule has 0 bridgehead atoms. The lowest BCUT2D eigenvalue weighted by atomic mass is 10.1. The number of rotatable bonds is 4. The summed E-state index contributed by atoms with van der Waals surface area (Å²) in [5, 5.41) is 13.1. The molecule has 2 heterocycles. The first-order valence-corrected chi connectivity index (χ1v) is 8.23. The Balaban J connectivity index is 1.82. The van der Waals surface area contributed by atoms with Gasteiger partial charge < -0.3 is 23.9 Å². The van der Waals surface area contributed by atoms with E-state index in [9.17, 15) is 27.6 Å². The van der Waals surface area contributed by atoms with Crippen LogP contribution in [0.5, 0.6) is 17.4 Å². The van der Waals surface area contributed by atoms with Gasteiger partial charge in [-0.1, -0.05) is 0 Å². The van der Waals surface area contributed by atoms with Gasteiger partial charge in [-0.25, -0.2) is 4.39 Å². The van der Waals surface area contributed by atoms with E-state index in [0.717, 1.165) is 12.1 Å². The number of alkyl halides is 3. The number of aromatic hydroxyl groups is 1. The number of nitrogens with zero attached hydrogens (tertiary/aromatic N) is 2. The van der Waals surface area contributed by atoms with Crippen molar-refractivity contribution in [3.63, 3.8) is 0 Å². The molecule has 0 saturated heterocycles. The second-order valence-electron chi connectivity index (χ2n) is 6.24. The van der Waals surface area contributed by atoms with Crippen molar-refractivity contribution in [2.24, 2.45) is 5.18 Å². The number of nitroso groups, excluding NO2 is 1. The van der Waals surface area contributed by atoms with Crippen LogP contribution in [-0.2, 0) is 17.9 Å². The van der Waals surface area contributed by atoms with Gasteiger partial charge in [0.1, 0.15) is 17.3 Å². The summed E-state index contributed by atoms with van der Waals surface area (Å²) in [5.74, 6) is -1.34. The molecule has 0 amide bonds. The maximum absolute atomic E-state index is 14.0. The molecule has 3 aromatic rings. The fraction of sp³-hybridized carbons (Fsp3) is 0.222. The highest BCUT2D eigenvalue weighted by molar-refractivity contribution is 5.96. The number of halogens is 4. The van der Waals surface area contributed by atoms with E-state index in [1.165, 1.54) is 22.8 Å². The summed E-state index contributed by atoms with van der Waals surface area (Å²) in [5.41, 5.74) is 0.569. The molecule has 0 saturated carbocycles. The van der Waals surface area contributed by atoms with Crippen molar-refractivity contribution in [3.05, 3.63) is 52.2 Å². The van der Waals surface area contributed by atoms with Gasteiger partial charge in [-0.3, -0.25) is 0 Å². The Labute approximate surface area is 160 Å². The Bertz CT molecular complexity index is 1110. The zero-order chi connectivity index (χ0) is 20.8. The van der Waals surface area contributed by atoms with Gasteiger partial charge in [0.2, 0.25) is 5.88 Å². The van der Waals surface area contributed by atoms with Gasteiger partial charge >= 0.3 is 6.36 Å². The van der Waals surface area contributed by atoms with Crippen molar-refractivity contribution in [2.75, 3.05) is 6.79 Å². The fourth-order valence-corrected chi connectivity index (χ4v) is 3.29. The maximum Gasteiger partial charge on any atom is 0.573 e. The van der Waals surface area contributed by atoms with Crippen molar-refractivity contribution in [2.45, 2.75) is 19.5 Å². The van der Waals surface area contributed by atoms with Crippen molar-refractivity contribution >= 4 is 16.6 Å². The van der Waals surface area contributed by atoms with Crippen molar-refractivity contribution in [3.8, 4) is 17.4 Å². The van der Waals surface area contributed by atoms with Crippen LogP contribution >= 0.6 is 0 Å². The van der Waals surface area contributed by atoms with Gasteiger partial charge in [0.15, 0.2) is 12.5 Å². The van der Waals surface area contributed by atoms with Crippen LogP contribution in [0.15, 0.2) is 35.5 Å². The molecule has 1 aliphatic heterocycles. The smallest absolute Gasteiger partial charge is 0.493 e. The first kappa shape index (κ1) is 19.0. The quantitative estimate of drug-likeness (QED) is 0.496. The minimum absolute atomic E-state index is 0.0384. The Morgan fingerprint density at radius 2 is 2.03 bits per heavy atom. The van der Waals surface area contributed by atoms with E-state index in [-0.39, 0.29) is 30.8 Å². The minimum Gasteiger partial charge on any atom is -0.493 e. The average molecular weight is 412 g/mol. The molecule has 0 atom stereocenters. The zero-order valence-electron chi connectivity index (χ0n) is 14.5. The highest BCUT2D eigenvalue weighted by Crippen LogP contribution is 2.42. The first-order chi connectivity index (χ1) is 13.8. The second kappa shape index (κ2) is 6.92. The second-order valence-corrected chi connectivity index (χ2v) is 6.24. The molecule has 2 aromatic carbocycles. The Kier molecular flexibility index (Phi) is 4.53. The Morgan fingerprint density at radius 1 is 1.24 bits per heavy atom. The molecule has 0 radical (unpaired) electrons. The number of ether oxygens (including phenoxy) is 3. The predicted molar refractivity (Wildman–Crippen MR) is 91.5 cm³/mol. The summed E-state index contributed by atoms with van der Waals surface area (Å²) < 4.78 is 67.0. The molecule has 0 spiro atoms. The molecule has 0 aliphatic carbocycles. The molecule has 1 aromatic heterocycles. The van der Waals surface area contributed by atoms with Gasteiger partial charge in [0.05, 0.1) is 18.7 Å². The Morgan fingerprint density at radius 3 is 2.76 bits per heavy atom. The van der Waals surface area contributed by atoms with Gasteiger partial charge in [-0.05, 0) is 35.5 Å². The van der Waals surface area contributed by atoms with Crippen LogP contribution in [-0.4, -0.2) is 22.8 Å². The normalized spacial score (nSPS) is 13.8. The number of hydrogen-bond donors (Lipinski definition) is 1. The topological polar surface area (TPSA) is 82.3 Å². The third-order valence-corrected chi connectivity index (χ3v) is 4.39. The third-order valence-electron chi connectivity index (χ3n) is 4.39. The van der Waals surface area contributed by atoms with E-state index in [2.05, 4.69) is 9.91 Å². The van der Waals surface area contributed by atoms with E-state index >= 15 is 0 Å². The summed E-state index contributed by atoms with van der Waals surface area (Å²) in [7, 11) is 0. The number of fused-ring (bicyclic) bond motifs is 2. The van der Waals surface area contributed by atoms with Crippen LogP contribution in [0.1, 0.15) is 11.1 Å². The summed E-state index contributed by atoms with van der Waals surface area (Å²) >= 11 is 0. The van der Waals surface area contributed by atoms with Crippen molar-refractivity contribution in [1.29, 1.82) is 0 Å². The van der Waals surface area contributed by atoms with Crippen LogP contribution in [0.25, 0.3) is 10.9 Å². The standard InChI is InChI=1S/C18H12F4N2O5/c19-11-3-9(16-10(4-11)7-27-8-28-16)6-24-14-2-1-12(29-18(20,21)22)5-13(14)15(23-26)17(24)25/h1-5,25H,6-8H2. The summed E-state index contributed by atoms with van der Waals surface area (Å²) in [4.78, 5) is 11.2. The molecule has 4 rings (SSSR count). The molecule has 1 N–H and O–H groups in total. The zero-order valence-corrected chi connectivity index (χ0v) is 14.5. The van der Waals surface area contributed by atoms with E-state index < -0.39 is 29.5 Å². The molecule has 152 valence electrons. The lowest BCUT2D eigenvalue weighted by Crippen LogP contribution is -2.17. The molecular weight excluding hydrogens is 400 g/mol. The van der Waals surface area contributed by atoms with Crippen molar-refractivity contribution < 1.29 is 36.9 Å². The van der Waals surface area contributed by atoms with Gasteiger partial charge in [-0.2, -0.15) is 0 Å². The predicted octanol–water partition coefficient (Wildman–Crippen LogP) is 4.70. The van der Waals surface area contributed by atoms with E-state index in [1.807, 2.05) is 0 Å². The maximum atomic E-state index is 14.0. The van der Waals surface area contributed by atoms with Crippen LogP contribution in [0.4, 0.5) is 23.2 Å². The summed E-state index contributed by atoms with van der Waals surface area (Å²) in [6, 6.07) is 5.67. The lowest BCUT2D eigenvalue weighted by Gasteiger charge is -2.21. The molecule has 7 nitrogen and oxygen atoms in total. The van der Waals surface area contributed by atoms with Crippen LogP contribution < -0.4 is 9.47 Å². The van der Waals surface area contributed by atoms with Crippen LogP contribution in [0.3, 0.4) is 0 Å². The number of aromatic nitrogens is 1. The van der Waals surface area contributed by atoms with Crippen LogP contribution in [0.2, 0.25) is 0 Å². The fourth-order valence-electron chi connectivity index (χ4n) is 3.29. The van der Waals surface area contributed by atoms with Crippen LogP contribution in [0, 0.1) is 10.7 Å². The highest BCUT2D eigenvalue weighted by atomic mass is 19.4.